The van der Waals surface area contributed by atoms with E-state index in [1.165, 1.54) is 17.4 Å². The van der Waals surface area contributed by atoms with Crippen molar-refractivity contribution in [2.24, 2.45) is 0 Å². The zero-order valence-electron chi connectivity index (χ0n) is 8.93. The Kier molecular flexibility index (Phi) is 2.19. The molecule has 4 heteroatoms. The van der Waals surface area contributed by atoms with E-state index in [2.05, 4.69) is 0 Å². The molecule has 0 aliphatic heterocycles. The number of phenols is 2. The lowest BCUT2D eigenvalue weighted by molar-refractivity contribution is 0.408. The molecule has 0 amide bonds. The second kappa shape index (κ2) is 3.60. The fourth-order valence-corrected chi connectivity index (χ4v) is 3.27. The molecule has 3 nitrogen and oxygen atoms in total. The first-order chi connectivity index (χ1) is 8.18. The smallest absolute Gasteiger partial charge is 0.195 e. The van der Waals surface area contributed by atoms with Crippen molar-refractivity contribution in [1.29, 1.82) is 0 Å². The van der Waals surface area contributed by atoms with Crippen LogP contribution in [0.2, 0.25) is 0 Å². The summed E-state index contributed by atoms with van der Waals surface area (Å²) < 4.78 is 0.476. The van der Waals surface area contributed by atoms with Gasteiger partial charge in [-0.2, -0.15) is 0 Å². The Hall–Kier alpha value is -1.81. The summed E-state index contributed by atoms with van der Waals surface area (Å²) in [6.45, 7) is 0. The Morgan fingerprint density at radius 2 is 2.06 bits per heavy atom. The SMILES string of the molecule is O=c1c2c(sc3c(O)c(O)ccc13)CCC=C2. The van der Waals surface area contributed by atoms with E-state index in [4.69, 9.17) is 0 Å². The number of benzene rings is 1. The van der Waals surface area contributed by atoms with E-state index < -0.39 is 0 Å². The van der Waals surface area contributed by atoms with Crippen molar-refractivity contribution in [2.75, 3.05) is 0 Å². The number of hydrogen-bond acceptors (Lipinski definition) is 4. The van der Waals surface area contributed by atoms with Crippen molar-refractivity contribution in [3.05, 3.63) is 38.9 Å². The predicted octanol–water partition coefficient (Wildman–Crippen LogP) is 2.63. The number of fused-ring (bicyclic) bond motifs is 2. The Labute approximate surface area is 101 Å². The third-order valence-corrected chi connectivity index (χ3v) is 4.24. The Morgan fingerprint density at radius 3 is 2.88 bits per heavy atom. The van der Waals surface area contributed by atoms with Crippen LogP contribution in [-0.4, -0.2) is 10.2 Å². The molecular weight excluding hydrogens is 236 g/mol. The fraction of sp³-hybridized carbons (Fsp3) is 0.154. The average Bonchev–Trinajstić information content (AvgIpc) is 2.35. The molecule has 1 heterocycles. The van der Waals surface area contributed by atoms with E-state index in [0.717, 1.165) is 23.3 Å². The van der Waals surface area contributed by atoms with E-state index >= 15 is 0 Å². The summed E-state index contributed by atoms with van der Waals surface area (Å²) in [6, 6.07) is 2.91. The van der Waals surface area contributed by atoms with Gasteiger partial charge in [-0.25, -0.2) is 0 Å². The van der Waals surface area contributed by atoms with Crippen LogP contribution in [-0.2, 0) is 6.42 Å². The van der Waals surface area contributed by atoms with E-state index in [1.54, 1.807) is 6.07 Å². The number of aromatic hydroxyl groups is 2. The van der Waals surface area contributed by atoms with Crippen molar-refractivity contribution >= 4 is 27.5 Å². The predicted molar refractivity (Wildman–Crippen MR) is 68.8 cm³/mol. The molecule has 0 bridgehead atoms. The molecule has 3 rings (SSSR count). The molecule has 0 atom stereocenters. The van der Waals surface area contributed by atoms with Crippen LogP contribution in [0.1, 0.15) is 16.9 Å². The first kappa shape index (κ1) is 10.4. The fourth-order valence-electron chi connectivity index (χ4n) is 2.06. The number of rotatable bonds is 0. The molecule has 86 valence electrons. The molecule has 0 spiro atoms. The van der Waals surface area contributed by atoms with Crippen LogP contribution in [0.4, 0.5) is 0 Å². The van der Waals surface area contributed by atoms with Crippen LogP contribution >= 0.6 is 11.3 Å². The molecule has 1 aromatic heterocycles. The Morgan fingerprint density at radius 1 is 1.24 bits per heavy atom. The van der Waals surface area contributed by atoms with Crippen LogP contribution in [0, 0.1) is 0 Å². The van der Waals surface area contributed by atoms with Gasteiger partial charge in [0.05, 0.1) is 4.70 Å². The molecule has 2 aromatic rings. The van der Waals surface area contributed by atoms with Gasteiger partial charge in [0.1, 0.15) is 0 Å². The highest BCUT2D eigenvalue weighted by Gasteiger charge is 2.16. The molecule has 17 heavy (non-hydrogen) atoms. The van der Waals surface area contributed by atoms with Gasteiger partial charge in [-0.1, -0.05) is 12.2 Å². The Bertz CT molecular complexity index is 698. The molecule has 0 unspecified atom stereocenters. The minimum Gasteiger partial charge on any atom is -0.504 e. The van der Waals surface area contributed by atoms with Crippen molar-refractivity contribution in [3.63, 3.8) is 0 Å². The second-order valence-electron chi connectivity index (χ2n) is 4.02. The minimum atomic E-state index is -0.193. The van der Waals surface area contributed by atoms with Gasteiger partial charge in [0.15, 0.2) is 16.9 Å². The second-order valence-corrected chi connectivity index (χ2v) is 5.12. The molecular formula is C13H10O3S. The third-order valence-electron chi connectivity index (χ3n) is 2.95. The normalized spacial score (nSPS) is 13.9. The number of allylic oxidation sites excluding steroid dienone is 1. The average molecular weight is 246 g/mol. The van der Waals surface area contributed by atoms with Crippen LogP contribution in [0.3, 0.4) is 0 Å². The monoisotopic (exact) mass is 246 g/mol. The zero-order valence-corrected chi connectivity index (χ0v) is 9.75. The lowest BCUT2D eigenvalue weighted by atomic mass is 10.0. The van der Waals surface area contributed by atoms with Crippen LogP contribution in [0.25, 0.3) is 16.2 Å². The molecule has 2 N–H and O–H groups in total. The van der Waals surface area contributed by atoms with E-state index in [1.807, 2.05) is 12.2 Å². The molecule has 1 aliphatic rings. The largest absolute Gasteiger partial charge is 0.504 e. The van der Waals surface area contributed by atoms with Gasteiger partial charge in [-0.05, 0) is 25.0 Å². The summed E-state index contributed by atoms with van der Waals surface area (Å²) in [7, 11) is 0. The summed E-state index contributed by atoms with van der Waals surface area (Å²) in [5.74, 6) is -0.374. The summed E-state index contributed by atoms with van der Waals surface area (Å²) in [4.78, 5) is 13.2. The molecule has 0 saturated heterocycles. The van der Waals surface area contributed by atoms with Crippen molar-refractivity contribution < 1.29 is 10.2 Å². The zero-order chi connectivity index (χ0) is 12.0. The van der Waals surface area contributed by atoms with E-state index in [9.17, 15) is 15.0 Å². The highest BCUT2D eigenvalue weighted by atomic mass is 32.1. The van der Waals surface area contributed by atoms with Gasteiger partial charge in [-0.15, -0.1) is 11.3 Å². The lowest BCUT2D eigenvalue weighted by Crippen LogP contribution is -2.09. The molecule has 1 aliphatic carbocycles. The maximum absolute atomic E-state index is 12.2. The standard InChI is InChI=1S/C13H10O3S/c14-9-6-5-8-11(15)7-3-1-2-4-10(7)17-13(8)12(9)16/h1,3,5-6,14,16H,2,4H2. The number of phenolic OH excluding ortho intramolecular Hbond substituents is 2. The van der Waals surface area contributed by atoms with Crippen LogP contribution < -0.4 is 5.43 Å². The summed E-state index contributed by atoms with van der Waals surface area (Å²) in [5.41, 5.74) is 0.652. The first-order valence-electron chi connectivity index (χ1n) is 5.35. The molecule has 0 fully saturated rings. The van der Waals surface area contributed by atoms with E-state index in [0.29, 0.717) is 10.1 Å². The Balaban J connectivity index is 2.50. The van der Waals surface area contributed by atoms with E-state index in [-0.39, 0.29) is 16.9 Å². The van der Waals surface area contributed by atoms with Gasteiger partial charge in [-0.3, -0.25) is 4.79 Å². The summed E-state index contributed by atoms with van der Waals surface area (Å²) >= 11 is 1.38. The highest BCUT2D eigenvalue weighted by Crippen LogP contribution is 2.37. The lowest BCUT2D eigenvalue weighted by Gasteiger charge is -2.11. The quantitative estimate of drug-likeness (QED) is 0.702. The maximum atomic E-state index is 12.2. The number of aryl methyl sites for hydroxylation is 1. The van der Waals surface area contributed by atoms with Crippen molar-refractivity contribution in [3.8, 4) is 11.5 Å². The van der Waals surface area contributed by atoms with Gasteiger partial charge in [0.2, 0.25) is 0 Å². The highest BCUT2D eigenvalue weighted by molar-refractivity contribution is 7.19. The van der Waals surface area contributed by atoms with Crippen molar-refractivity contribution in [2.45, 2.75) is 12.8 Å². The number of hydrogen-bond donors (Lipinski definition) is 2. The van der Waals surface area contributed by atoms with Gasteiger partial charge in [0.25, 0.3) is 0 Å². The van der Waals surface area contributed by atoms with Crippen LogP contribution in [0.5, 0.6) is 11.5 Å². The van der Waals surface area contributed by atoms with Gasteiger partial charge >= 0.3 is 0 Å². The summed E-state index contributed by atoms with van der Waals surface area (Å²) in [6.07, 6.45) is 5.56. The third kappa shape index (κ3) is 1.45. The van der Waals surface area contributed by atoms with Gasteiger partial charge < -0.3 is 10.2 Å². The summed E-state index contributed by atoms with van der Waals surface area (Å²) in [5, 5.41) is 19.7. The van der Waals surface area contributed by atoms with Crippen molar-refractivity contribution in [1.82, 2.24) is 0 Å². The molecule has 0 radical (unpaired) electrons. The van der Waals surface area contributed by atoms with Gasteiger partial charge in [0, 0.05) is 15.8 Å². The van der Waals surface area contributed by atoms with Crippen LogP contribution in [0.15, 0.2) is 23.0 Å². The molecule has 1 aromatic carbocycles. The topological polar surface area (TPSA) is 57.5 Å². The molecule has 0 saturated carbocycles. The first-order valence-corrected chi connectivity index (χ1v) is 6.17. The maximum Gasteiger partial charge on any atom is 0.195 e. The minimum absolute atomic E-state index is 0.0694.